The Balaban J connectivity index is 1.24. The number of pyridine rings is 1. The zero-order chi connectivity index (χ0) is 32.7. The first-order chi connectivity index (χ1) is 25.3. The van der Waals surface area contributed by atoms with E-state index in [-0.39, 0.29) is 0 Å². The molecular weight excluding hydrogens is 625 g/mol. The van der Waals surface area contributed by atoms with Crippen LogP contribution in [0.3, 0.4) is 0 Å². The molecule has 0 saturated heterocycles. The van der Waals surface area contributed by atoms with Crippen LogP contribution in [0.25, 0.3) is 88.3 Å². The van der Waals surface area contributed by atoms with E-state index in [4.69, 9.17) is 0 Å². The van der Waals surface area contributed by atoms with Crippen molar-refractivity contribution in [3.8, 4) is 22.7 Å². The van der Waals surface area contributed by atoms with E-state index in [1.807, 2.05) is 0 Å². The maximum absolute atomic E-state index is 2.58. The Hall–Kier alpha value is -6.92. The minimum absolute atomic E-state index is 0.688. The number of hydrogen-bond acceptors (Lipinski definition) is 0. The molecule has 6 heteroatoms. The lowest BCUT2D eigenvalue weighted by atomic mass is 9.83. The summed E-state index contributed by atoms with van der Waals surface area (Å²) >= 11 is 0. The van der Waals surface area contributed by atoms with Gasteiger partial charge in [-0.1, -0.05) is 77.5 Å². The monoisotopic (exact) mass is 650 g/mol. The van der Waals surface area contributed by atoms with E-state index in [1.165, 1.54) is 93.7 Å². The maximum Gasteiger partial charge on any atom is 0.394 e. The van der Waals surface area contributed by atoms with Gasteiger partial charge in [0.15, 0.2) is 5.69 Å². The van der Waals surface area contributed by atoms with E-state index >= 15 is 0 Å². The summed E-state index contributed by atoms with van der Waals surface area (Å²) in [6.45, 7) is 0. The van der Waals surface area contributed by atoms with Gasteiger partial charge in [0.05, 0.1) is 45.5 Å². The van der Waals surface area contributed by atoms with Crippen molar-refractivity contribution in [1.29, 1.82) is 0 Å². The number of rotatable bonds is 1. The SMILES string of the molecule is c1cc2c3c(c1)-n1cc(-n4c5ccccc5c5ccccc54)c[n+]1C31c3c(ccc4c5ccccc5n-2c34)-n2c3ccccc3c3ccc[n+]1c32. The smallest absolute Gasteiger partial charge is 0.307 e. The number of nitrogens with zero attached hydrogens (tertiary/aromatic N) is 6. The highest BCUT2D eigenvalue weighted by Gasteiger charge is 2.68. The first-order valence-corrected chi connectivity index (χ1v) is 17.6. The van der Waals surface area contributed by atoms with Crippen molar-refractivity contribution in [3.05, 3.63) is 169 Å². The molecule has 11 aromatic rings. The zero-order valence-corrected chi connectivity index (χ0v) is 27.2. The van der Waals surface area contributed by atoms with Crippen molar-refractivity contribution in [2.45, 2.75) is 5.66 Å². The topological polar surface area (TPSA) is 27.5 Å². The molecule has 6 nitrogen and oxygen atoms in total. The number of para-hydroxylation sites is 4. The standard InChI is InChI=1S/C45H26N6/c1-5-16-34-28(11-1)29-12-2-6-17-35(29)49(34)27-25-47-38-20-9-21-39-41(38)45(48(47)26-27)42-40(23-22-32-30-13-3-7-18-36(30)50(39)43(32)42)51-37-19-8-4-14-31(37)33-15-10-24-46(45)44(33)51/h1-26H/q+2. The van der Waals surface area contributed by atoms with Crippen molar-refractivity contribution in [3.63, 3.8) is 0 Å². The van der Waals surface area contributed by atoms with Crippen LogP contribution in [0.1, 0.15) is 11.1 Å². The molecule has 5 aromatic heterocycles. The second-order valence-corrected chi connectivity index (χ2v) is 14.3. The van der Waals surface area contributed by atoms with Gasteiger partial charge >= 0.3 is 11.3 Å². The minimum Gasteiger partial charge on any atom is -0.307 e. The van der Waals surface area contributed by atoms with E-state index in [2.05, 4.69) is 186 Å². The highest BCUT2D eigenvalue weighted by Crippen LogP contribution is 2.53. The molecule has 8 heterocycles. The Kier molecular flexibility index (Phi) is 3.98. The third kappa shape index (κ3) is 2.51. The van der Waals surface area contributed by atoms with Gasteiger partial charge in [-0.05, 0) is 66.7 Å². The van der Waals surface area contributed by atoms with E-state index in [0.717, 1.165) is 5.69 Å². The summed E-state index contributed by atoms with van der Waals surface area (Å²) in [6.07, 6.45) is 7.06. The Bertz CT molecular complexity index is 3390. The molecular formula is C45H26N6+2. The second kappa shape index (κ2) is 8.09. The van der Waals surface area contributed by atoms with Gasteiger partial charge in [-0.3, -0.25) is 0 Å². The minimum atomic E-state index is -0.688. The molecule has 1 atom stereocenters. The van der Waals surface area contributed by atoms with Crippen LogP contribution < -0.4 is 9.25 Å². The number of hydrogen-bond donors (Lipinski definition) is 0. The van der Waals surface area contributed by atoms with Gasteiger partial charge < -0.3 is 9.13 Å². The number of benzene rings is 6. The molecule has 234 valence electrons. The molecule has 3 aliphatic heterocycles. The third-order valence-corrected chi connectivity index (χ3v) is 12.1. The Labute approximate surface area is 290 Å². The molecule has 51 heavy (non-hydrogen) atoms. The van der Waals surface area contributed by atoms with Gasteiger partial charge in [-0.15, -0.1) is 4.68 Å². The third-order valence-electron chi connectivity index (χ3n) is 12.1. The molecule has 0 fully saturated rings. The van der Waals surface area contributed by atoms with Crippen LogP contribution in [0.4, 0.5) is 0 Å². The summed E-state index contributed by atoms with van der Waals surface area (Å²) in [5.41, 5.74) is 14.1. The Morgan fingerprint density at radius 1 is 0.431 bits per heavy atom. The van der Waals surface area contributed by atoms with Crippen molar-refractivity contribution in [1.82, 2.24) is 18.4 Å². The summed E-state index contributed by atoms with van der Waals surface area (Å²) in [7, 11) is 0. The maximum atomic E-state index is 2.58. The first kappa shape index (κ1) is 25.1. The summed E-state index contributed by atoms with van der Waals surface area (Å²) in [5.74, 6) is 0. The molecule has 0 N–H and O–H groups in total. The fourth-order valence-corrected chi connectivity index (χ4v) is 10.4. The Morgan fingerprint density at radius 2 is 1.00 bits per heavy atom. The van der Waals surface area contributed by atoms with Gasteiger partial charge in [-0.25, -0.2) is 0 Å². The van der Waals surface area contributed by atoms with Crippen LogP contribution in [-0.4, -0.2) is 18.4 Å². The van der Waals surface area contributed by atoms with Crippen molar-refractivity contribution < 1.29 is 9.25 Å². The molecule has 1 spiro atoms. The molecule has 0 amide bonds. The summed E-state index contributed by atoms with van der Waals surface area (Å²) in [6, 6.07) is 51.5. The van der Waals surface area contributed by atoms with E-state index in [0.29, 0.717) is 0 Å². The summed E-state index contributed by atoms with van der Waals surface area (Å²) in [5, 5.41) is 7.61. The second-order valence-electron chi connectivity index (χ2n) is 14.3. The van der Waals surface area contributed by atoms with Crippen molar-refractivity contribution in [2.75, 3.05) is 0 Å². The van der Waals surface area contributed by atoms with Crippen LogP contribution in [0.15, 0.2) is 158 Å². The van der Waals surface area contributed by atoms with Crippen molar-refractivity contribution >= 4 is 65.5 Å². The first-order valence-electron chi connectivity index (χ1n) is 17.6. The predicted molar refractivity (Wildman–Crippen MR) is 201 cm³/mol. The average Bonchev–Trinajstić information content (AvgIpc) is 3.98. The molecule has 0 saturated carbocycles. The van der Waals surface area contributed by atoms with E-state index < -0.39 is 5.66 Å². The summed E-state index contributed by atoms with van der Waals surface area (Å²) in [4.78, 5) is 0. The summed E-state index contributed by atoms with van der Waals surface area (Å²) < 4.78 is 15.0. The van der Waals surface area contributed by atoms with Crippen LogP contribution in [0.5, 0.6) is 0 Å². The Morgan fingerprint density at radius 3 is 1.73 bits per heavy atom. The lowest BCUT2D eigenvalue weighted by Gasteiger charge is -2.32. The largest absolute Gasteiger partial charge is 0.394 e. The lowest BCUT2D eigenvalue weighted by Crippen LogP contribution is -2.76. The normalized spacial score (nSPS) is 16.3. The van der Waals surface area contributed by atoms with Gasteiger partial charge in [0.25, 0.3) is 0 Å². The molecule has 3 aliphatic rings. The molecule has 0 radical (unpaired) electrons. The molecule has 0 aliphatic carbocycles. The van der Waals surface area contributed by atoms with Crippen LogP contribution >= 0.6 is 0 Å². The highest BCUT2D eigenvalue weighted by molar-refractivity contribution is 6.14. The van der Waals surface area contributed by atoms with E-state index in [9.17, 15) is 0 Å². The van der Waals surface area contributed by atoms with E-state index in [1.54, 1.807) is 0 Å². The average molecular weight is 651 g/mol. The molecule has 1 unspecified atom stereocenters. The fraction of sp³-hybridized carbons (Fsp3) is 0.0222. The number of fused-ring (bicyclic) bond motifs is 13. The van der Waals surface area contributed by atoms with Crippen LogP contribution in [0, 0.1) is 0 Å². The zero-order valence-electron chi connectivity index (χ0n) is 27.2. The van der Waals surface area contributed by atoms with Crippen LogP contribution in [-0.2, 0) is 5.66 Å². The highest BCUT2D eigenvalue weighted by atomic mass is 15.5. The molecule has 14 rings (SSSR count). The molecule has 0 bridgehead atoms. The molecule has 6 aromatic carbocycles. The van der Waals surface area contributed by atoms with Crippen LogP contribution in [0.2, 0.25) is 0 Å². The number of aromatic nitrogens is 6. The van der Waals surface area contributed by atoms with Crippen molar-refractivity contribution in [2.24, 2.45) is 0 Å². The van der Waals surface area contributed by atoms with Gasteiger partial charge in [0.2, 0.25) is 6.20 Å². The fourth-order valence-electron chi connectivity index (χ4n) is 10.4. The quantitative estimate of drug-likeness (QED) is 0.159. The van der Waals surface area contributed by atoms with Gasteiger partial charge in [-0.2, -0.15) is 9.13 Å². The van der Waals surface area contributed by atoms with Gasteiger partial charge in [0.1, 0.15) is 28.0 Å². The predicted octanol–water partition coefficient (Wildman–Crippen LogP) is 8.58. The van der Waals surface area contributed by atoms with Gasteiger partial charge in [0, 0.05) is 26.9 Å². The lowest BCUT2D eigenvalue weighted by molar-refractivity contribution is -0.987.